The summed E-state index contributed by atoms with van der Waals surface area (Å²) in [5, 5.41) is 3.00. The lowest BCUT2D eigenvalue weighted by atomic mass is 10.1. The summed E-state index contributed by atoms with van der Waals surface area (Å²) in [5.74, 6) is 0.989. The molecule has 176 valence electrons. The van der Waals surface area contributed by atoms with Crippen molar-refractivity contribution in [2.24, 2.45) is 0 Å². The molecule has 0 spiro atoms. The molecule has 3 rings (SSSR count). The molecule has 0 unspecified atom stereocenters. The van der Waals surface area contributed by atoms with Crippen molar-refractivity contribution in [1.82, 2.24) is 14.9 Å². The first-order valence-corrected chi connectivity index (χ1v) is 12.7. The minimum Gasteiger partial charge on any atom is -0.352 e. The van der Waals surface area contributed by atoms with Crippen LogP contribution < -0.4 is 5.32 Å². The van der Waals surface area contributed by atoms with E-state index in [0.717, 1.165) is 29.9 Å². The van der Waals surface area contributed by atoms with Gasteiger partial charge in [0.25, 0.3) is 0 Å². The number of benzene rings is 2. The van der Waals surface area contributed by atoms with Gasteiger partial charge in [-0.25, -0.2) is 4.98 Å². The maximum absolute atomic E-state index is 12.2. The van der Waals surface area contributed by atoms with Crippen molar-refractivity contribution in [2.45, 2.75) is 77.7 Å². The molecule has 1 heterocycles. The van der Waals surface area contributed by atoms with Crippen molar-refractivity contribution < 1.29 is 4.79 Å². The van der Waals surface area contributed by atoms with Crippen LogP contribution in [0, 0.1) is 0 Å². The molecule has 0 aliphatic heterocycles. The average Bonchev–Trinajstić information content (AvgIpc) is 3.19. The lowest BCUT2D eigenvalue weighted by Crippen LogP contribution is -2.24. The smallest absolute Gasteiger partial charge is 0.244 e. The molecule has 0 atom stereocenters. The topological polar surface area (TPSA) is 46.9 Å². The molecule has 0 aliphatic rings. The van der Waals surface area contributed by atoms with Gasteiger partial charge in [0.15, 0.2) is 0 Å². The molecule has 1 amide bonds. The van der Waals surface area contributed by atoms with Gasteiger partial charge in [-0.15, -0.1) is 0 Å². The second-order valence-electron chi connectivity index (χ2n) is 8.78. The lowest BCUT2D eigenvalue weighted by Gasteiger charge is -2.10. The minimum atomic E-state index is -0.0690. The molecule has 4 heteroatoms. The van der Waals surface area contributed by atoms with Crippen LogP contribution in [0.3, 0.4) is 0 Å². The van der Waals surface area contributed by atoms with Gasteiger partial charge in [0.1, 0.15) is 5.82 Å². The second-order valence-corrected chi connectivity index (χ2v) is 8.78. The number of aromatic nitrogens is 2. The fraction of sp³-hybridized carbons (Fsp3) is 0.448. The molecule has 0 aliphatic carbocycles. The zero-order valence-corrected chi connectivity index (χ0v) is 20.1. The molecule has 33 heavy (non-hydrogen) atoms. The molecule has 0 radical (unpaired) electrons. The first-order valence-electron chi connectivity index (χ1n) is 12.7. The van der Waals surface area contributed by atoms with Crippen LogP contribution in [0.5, 0.6) is 0 Å². The second kappa shape index (κ2) is 14.3. The van der Waals surface area contributed by atoms with E-state index in [9.17, 15) is 4.79 Å². The number of nitrogens with zero attached hydrogens (tertiary/aromatic N) is 2. The highest BCUT2D eigenvalue weighted by atomic mass is 16.1. The maximum Gasteiger partial charge on any atom is 0.244 e. The Kier molecular flexibility index (Phi) is 10.7. The monoisotopic (exact) mass is 445 g/mol. The number of nitrogens with one attached hydrogen (secondary N) is 1. The van der Waals surface area contributed by atoms with Gasteiger partial charge < -0.3 is 9.88 Å². The van der Waals surface area contributed by atoms with Crippen LogP contribution in [0.2, 0.25) is 0 Å². The number of aryl methyl sites for hydroxylation is 1. The third-order valence-corrected chi connectivity index (χ3v) is 6.09. The van der Waals surface area contributed by atoms with E-state index >= 15 is 0 Å². The predicted octanol–water partition coefficient (Wildman–Crippen LogP) is 6.94. The highest BCUT2D eigenvalue weighted by Gasteiger charge is 2.10. The van der Waals surface area contributed by atoms with E-state index in [1.807, 2.05) is 42.5 Å². The number of hydrogen-bond donors (Lipinski definition) is 1. The van der Waals surface area contributed by atoms with Gasteiger partial charge in [0.2, 0.25) is 5.91 Å². The van der Waals surface area contributed by atoms with Crippen molar-refractivity contribution >= 4 is 23.0 Å². The number of rotatable bonds is 15. The molecule has 3 aromatic rings. The predicted molar refractivity (Wildman–Crippen MR) is 139 cm³/mol. The Morgan fingerprint density at radius 2 is 1.55 bits per heavy atom. The van der Waals surface area contributed by atoms with Crippen LogP contribution in [0.15, 0.2) is 60.7 Å². The highest BCUT2D eigenvalue weighted by molar-refractivity contribution is 5.91. The quantitative estimate of drug-likeness (QED) is 0.203. The summed E-state index contributed by atoms with van der Waals surface area (Å²) in [5.41, 5.74) is 3.26. The first kappa shape index (κ1) is 24.8. The molecule has 0 saturated carbocycles. The van der Waals surface area contributed by atoms with Crippen LogP contribution >= 0.6 is 0 Å². The van der Waals surface area contributed by atoms with E-state index in [2.05, 4.69) is 35.0 Å². The van der Waals surface area contributed by atoms with E-state index in [4.69, 9.17) is 4.98 Å². The van der Waals surface area contributed by atoms with Crippen molar-refractivity contribution in [3.63, 3.8) is 0 Å². The average molecular weight is 446 g/mol. The normalized spacial score (nSPS) is 11.4. The van der Waals surface area contributed by atoms with Gasteiger partial charge >= 0.3 is 0 Å². The number of para-hydroxylation sites is 2. The third-order valence-electron chi connectivity index (χ3n) is 6.09. The fourth-order valence-corrected chi connectivity index (χ4v) is 4.24. The zero-order valence-electron chi connectivity index (χ0n) is 20.1. The van der Waals surface area contributed by atoms with E-state index in [0.29, 0.717) is 6.54 Å². The van der Waals surface area contributed by atoms with E-state index in [-0.39, 0.29) is 5.91 Å². The molecule has 4 nitrogen and oxygen atoms in total. The Balaban J connectivity index is 1.46. The zero-order chi connectivity index (χ0) is 23.1. The van der Waals surface area contributed by atoms with Gasteiger partial charge in [-0.1, -0.05) is 101 Å². The number of carbonyl (C=O) groups is 1. The number of carbonyl (C=O) groups excluding carboxylic acids is 1. The van der Waals surface area contributed by atoms with Crippen molar-refractivity contribution in [1.29, 1.82) is 0 Å². The van der Waals surface area contributed by atoms with E-state index in [1.165, 1.54) is 63.3 Å². The summed E-state index contributed by atoms with van der Waals surface area (Å²) in [4.78, 5) is 17.0. The Labute approximate surface area is 199 Å². The minimum absolute atomic E-state index is 0.0690. The van der Waals surface area contributed by atoms with Gasteiger partial charge in [0, 0.05) is 25.6 Å². The molecule has 1 aromatic heterocycles. The molecular formula is C29H39N3O. The molecule has 2 aromatic carbocycles. The summed E-state index contributed by atoms with van der Waals surface area (Å²) >= 11 is 0. The van der Waals surface area contributed by atoms with Gasteiger partial charge in [-0.05, 0) is 30.2 Å². The Bertz CT molecular complexity index is 991. The molecule has 0 fully saturated rings. The van der Waals surface area contributed by atoms with Crippen LogP contribution in [-0.2, 0) is 17.8 Å². The molecular weight excluding hydrogens is 406 g/mol. The van der Waals surface area contributed by atoms with E-state index in [1.54, 1.807) is 6.08 Å². The summed E-state index contributed by atoms with van der Waals surface area (Å²) < 4.78 is 2.35. The standard InChI is InChI=1S/C29H39N3O/c1-2-3-4-5-6-7-8-9-15-24-32-27-19-14-13-18-26(27)31-28(32)22-23-30-29(33)21-20-25-16-11-10-12-17-25/h10-14,16-21H,2-9,15,22-24H2,1H3,(H,30,33)/b21-20+. The van der Waals surface area contributed by atoms with Crippen LogP contribution in [0.4, 0.5) is 0 Å². The summed E-state index contributed by atoms with van der Waals surface area (Å²) in [6, 6.07) is 18.2. The first-order chi connectivity index (χ1) is 16.3. The van der Waals surface area contributed by atoms with Gasteiger partial charge in [-0.2, -0.15) is 0 Å². The van der Waals surface area contributed by atoms with Crippen molar-refractivity contribution in [3.8, 4) is 0 Å². The number of imidazole rings is 1. The summed E-state index contributed by atoms with van der Waals surface area (Å²) in [6.45, 7) is 3.84. The SMILES string of the molecule is CCCCCCCCCCCn1c(CCNC(=O)/C=C/c2ccccc2)nc2ccccc21. The highest BCUT2D eigenvalue weighted by Crippen LogP contribution is 2.18. The fourth-order valence-electron chi connectivity index (χ4n) is 4.24. The lowest BCUT2D eigenvalue weighted by molar-refractivity contribution is -0.116. The largest absolute Gasteiger partial charge is 0.352 e. The molecule has 0 bridgehead atoms. The van der Waals surface area contributed by atoms with Crippen LogP contribution in [0.25, 0.3) is 17.1 Å². The number of unbranched alkanes of at least 4 members (excludes halogenated alkanes) is 8. The molecule has 0 saturated heterocycles. The van der Waals surface area contributed by atoms with Gasteiger partial charge in [0.05, 0.1) is 11.0 Å². The van der Waals surface area contributed by atoms with E-state index < -0.39 is 0 Å². The van der Waals surface area contributed by atoms with Crippen molar-refractivity contribution in [2.75, 3.05) is 6.54 Å². The maximum atomic E-state index is 12.2. The Morgan fingerprint density at radius 1 is 0.879 bits per heavy atom. The Morgan fingerprint density at radius 3 is 2.30 bits per heavy atom. The molecule has 1 N–H and O–H groups in total. The van der Waals surface area contributed by atoms with Crippen LogP contribution in [0.1, 0.15) is 76.1 Å². The number of fused-ring (bicyclic) bond motifs is 1. The van der Waals surface area contributed by atoms with Gasteiger partial charge in [-0.3, -0.25) is 4.79 Å². The Hall–Kier alpha value is -2.88. The van der Waals surface area contributed by atoms with Crippen molar-refractivity contribution in [3.05, 3.63) is 72.1 Å². The number of hydrogen-bond acceptors (Lipinski definition) is 2. The summed E-state index contributed by atoms with van der Waals surface area (Å²) in [6.07, 6.45) is 16.1. The third kappa shape index (κ3) is 8.53. The number of amides is 1. The van der Waals surface area contributed by atoms with Crippen LogP contribution in [-0.4, -0.2) is 22.0 Å². The summed E-state index contributed by atoms with van der Waals surface area (Å²) in [7, 11) is 0.